The Hall–Kier alpha value is -2.88. The number of carbonyl (C=O) groups excluding carboxylic acids is 2. The Kier molecular flexibility index (Phi) is 8.98. The maximum Gasteiger partial charge on any atom is 0.311 e. The SMILES string of the molecule is CCc1ccc2c(OC(=O)CCC3CCCCC3)c3ccccc3c(OC(=O)CCC3CCCCC3)c2c1. The summed E-state index contributed by atoms with van der Waals surface area (Å²) in [4.78, 5) is 26.1. The van der Waals surface area contributed by atoms with Crippen molar-refractivity contribution in [3.8, 4) is 11.5 Å². The molecule has 4 heteroatoms. The van der Waals surface area contributed by atoms with Gasteiger partial charge in [0, 0.05) is 34.4 Å². The van der Waals surface area contributed by atoms with Crippen molar-refractivity contribution in [2.24, 2.45) is 11.8 Å². The zero-order valence-electron chi connectivity index (χ0n) is 22.9. The van der Waals surface area contributed by atoms with Gasteiger partial charge in [-0.25, -0.2) is 0 Å². The highest BCUT2D eigenvalue weighted by molar-refractivity contribution is 6.12. The van der Waals surface area contributed by atoms with Crippen molar-refractivity contribution in [2.45, 2.75) is 103 Å². The molecule has 3 aromatic rings. The highest BCUT2D eigenvalue weighted by atomic mass is 16.5. The van der Waals surface area contributed by atoms with E-state index in [-0.39, 0.29) is 11.9 Å². The summed E-state index contributed by atoms with van der Waals surface area (Å²) in [5.74, 6) is 2.06. The van der Waals surface area contributed by atoms with Crippen molar-refractivity contribution >= 4 is 33.5 Å². The molecule has 0 spiro atoms. The van der Waals surface area contributed by atoms with Crippen molar-refractivity contribution in [3.63, 3.8) is 0 Å². The Bertz CT molecular complexity index is 1260. The van der Waals surface area contributed by atoms with Crippen LogP contribution in [0.15, 0.2) is 42.5 Å². The van der Waals surface area contributed by atoms with E-state index in [0.29, 0.717) is 36.2 Å². The highest BCUT2D eigenvalue weighted by Gasteiger charge is 2.22. The van der Waals surface area contributed by atoms with E-state index in [4.69, 9.17) is 9.47 Å². The first kappa shape index (κ1) is 26.7. The van der Waals surface area contributed by atoms with Gasteiger partial charge < -0.3 is 9.47 Å². The van der Waals surface area contributed by atoms with Gasteiger partial charge in [-0.2, -0.15) is 0 Å². The van der Waals surface area contributed by atoms with Crippen molar-refractivity contribution in [1.29, 1.82) is 0 Å². The molecule has 0 radical (unpaired) electrons. The Balaban J connectivity index is 1.43. The van der Waals surface area contributed by atoms with Gasteiger partial charge >= 0.3 is 11.9 Å². The largest absolute Gasteiger partial charge is 0.425 e. The van der Waals surface area contributed by atoms with Gasteiger partial charge in [-0.3, -0.25) is 9.59 Å². The molecule has 0 atom stereocenters. The molecule has 2 saturated carbocycles. The number of hydrogen-bond donors (Lipinski definition) is 0. The molecule has 38 heavy (non-hydrogen) atoms. The first-order valence-corrected chi connectivity index (χ1v) is 15.0. The van der Waals surface area contributed by atoms with Crippen molar-refractivity contribution in [3.05, 3.63) is 48.0 Å². The van der Waals surface area contributed by atoms with Crippen molar-refractivity contribution in [1.82, 2.24) is 0 Å². The predicted molar refractivity (Wildman–Crippen MR) is 154 cm³/mol. The van der Waals surface area contributed by atoms with Crippen LogP contribution in [0.25, 0.3) is 21.5 Å². The molecule has 0 saturated heterocycles. The number of hydrogen-bond acceptors (Lipinski definition) is 4. The van der Waals surface area contributed by atoms with Crippen LogP contribution in [0.2, 0.25) is 0 Å². The molecule has 2 aliphatic rings. The molecule has 3 aromatic carbocycles. The zero-order valence-corrected chi connectivity index (χ0v) is 22.9. The van der Waals surface area contributed by atoms with Gasteiger partial charge in [-0.15, -0.1) is 0 Å². The van der Waals surface area contributed by atoms with E-state index in [2.05, 4.69) is 19.1 Å². The van der Waals surface area contributed by atoms with Crippen LogP contribution in [0.4, 0.5) is 0 Å². The first-order chi connectivity index (χ1) is 18.6. The van der Waals surface area contributed by atoms with Crippen LogP contribution in [0, 0.1) is 11.8 Å². The zero-order chi connectivity index (χ0) is 26.3. The molecule has 0 aliphatic heterocycles. The Morgan fingerprint density at radius 2 is 1.13 bits per heavy atom. The molecule has 2 aliphatic carbocycles. The standard InChI is InChI=1S/C34H42O4/c1-2-24-17-20-29-30(23-24)34(38-32(36)22-19-26-13-7-4-8-14-26)28-16-10-9-15-27(28)33(29)37-31(35)21-18-25-11-5-3-6-12-25/h9-10,15-17,20,23,25-26H,2-8,11-14,18-19,21-22H2,1H3. The maximum absolute atomic E-state index is 13.1. The van der Waals surface area contributed by atoms with E-state index >= 15 is 0 Å². The third-order valence-corrected chi connectivity index (χ3v) is 8.79. The van der Waals surface area contributed by atoms with E-state index in [0.717, 1.165) is 46.4 Å². The molecule has 202 valence electrons. The number of carbonyl (C=O) groups is 2. The second kappa shape index (κ2) is 12.8. The monoisotopic (exact) mass is 514 g/mol. The molecular formula is C34H42O4. The number of benzene rings is 3. The van der Waals surface area contributed by atoms with Crippen LogP contribution in [0.1, 0.15) is 102 Å². The van der Waals surface area contributed by atoms with Crippen molar-refractivity contribution < 1.29 is 19.1 Å². The number of esters is 2. The lowest BCUT2D eigenvalue weighted by molar-refractivity contribution is -0.135. The minimum atomic E-state index is -0.182. The van der Waals surface area contributed by atoms with Gasteiger partial charge in [-0.05, 0) is 42.7 Å². The average Bonchev–Trinajstić information content (AvgIpc) is 2.97. The smallest absolute Gasteiger partial charge is 0.311 e. The summed E-state index contributed by atoms with van der Waals surface area (Å²) in [6.07, 6.45) is 16.1. The predicted octanol–water partition coefficient (Wildman–Crippen LogP) is 9.09. The summed E-state index contributed by atoms with van der Waals surface area (Å²) in [5, 5.41) is 3.28. The minimum absolute atomic E-state index is 0.179. The molecule has 0 aromatic heterocycles. The maximum atomic E-state index is 13.1. The summed E-state index contributed by atoms with van der Waals surface area (Å²) >= 11 is 0. The molecule has 0 heterocycles. The number of ether oxygens (including phenoxy) is 2. The highest BCUT2D eigenvalue weighted by Crippen LogP contribution is 2.44. The van der Waals surface area contributed by atoms with Crippen LogP contribution in [-0.2, 0) is 16.0 Å². The quantitative estimate of drug-likeness (QED) is 0.162. The summed E-state index contributed by atoms with van der Waals surface area (Å²) in [6.45, 7) is 2.12. The van der Waals surface area contributed by atoms with Gasteiger partial charge in [0.2, 0.25) is 0 Å². The third kappa shape index (κ3) is 6.39. The topological polar surface area (TPSA) is 52.6 Å². The normalized spacial score (nSPS) is 17.1. The van der Waals surface area contributed by atoms with Gasteiger partial charge in [0.1, 0.15) is 11.5 Å². The van der Waals surface area contributed by atoms with Crippen molar-refractivity contribution in [2.75, 3.05) is 0 Å². The van der Waals surface area contributed by atoms with E-state index in [1.807, 2.05) is 30.3 Å². The van der Waals surface area contributed by atoms with Crippen LogP contribution < -0.4 is 9.47 Å². The number of rotatable bonds is 9. The number of fused-ring (bicyclic) bond motifs is 2. The molecular weight excluding hydrogens is 472 g/mol. The van der Waals surface area contributed by atoms with Gasteiger partial charge in [0.05, 0.1) is 0 Å². The number of aryl methyl sites for hydroxylation is 1. The molecule has 4 nitrogen and oxygen atoms in total. The first-order valence-electron chi connectivity index (χ1n) is 15.0. The average molecular weight is 515 g/mol. The molecule has 5 rings (SSSR count). The molecule has 0 N–H and O–H groups in total. The van der Waals surface area contributed by atoms with Gasteiger partial charge in [0.25, 0.3) is 0 Å². The Morgan fingerprint density at radius 3 is 1.63 bits per heavy atom. The summed E-state index contributed by atoms with van der Waals surface area (Å²) in [7, 11) is 0. The second-order valence-corrected chi connectivity index (χ2v) is 11.5. The van der Waals surface area contributed by atoms with Crippen LogP contribution >= 0.6 is 0 Å². The van der Waals surface area contributed by atoms with E-state index < -0.39 is 0 Å². The lowest BCUT2D eigenvalue weighted by Gasteiger charge is -2.22. The Labute approximate surface area is 227 Å². The molecule has 2 fully saturated rings. The lowest BCUT2D eigenvalue weighted by atomic mass is 9.86. The van der Waals surface area contributed by atoms with Gasteiger partial charge in [-0.1, -0.05) is 108 Å². The minimum Gasteiger partial charge on any atom is -0.425 e. The fraction of sp³-hybridized carbons (Fsp3) is 0.529. The van der Waals surface area contributed by atoms with E-state index in [9.17, 15) is 9.59 Å². The second-order valence-electron chi connectivity index (χ2n) is 11.5. The summed E-state index contributed by atoms with van der Waals surface area (Å²) in [6, 6.07) is 14.0. The molecule has 0 amide bonds. The van der Waals surface area contributed by atoms with Gasteiger partial charge in [0.15, 0.2) is 0 Å². The summed E-state index contributed by atoms with van der Waals surface area (Å²) < 4.78 is 12.3. The molecule has 0 unspecified atom stereocenters. The van der Waals surface area contributed by atoms with Crippen LogP contribution in [0.3, 0.4) is 0 Å². The fourth-order valence-corrected chi connectivity index (χ4v) is 6.51. The van der Waals surface area contributed by atoms with E-state index in [1.54, 1.807) is 0 Å². The third-order valence-electron chi connectivity index (χ3n) is 8.79. The lowest BCUT2D eigenvalue weighted by Crippen LogP contribution is -2.14. The van der Waals surface area contributed by atoms with Crippen LogP contribution in [0.5, 0.6) is 11.5 Å². The summed E-state index contributed by atoms with van der Waals surface area (Å²) in [5.41, 5.74) is 1.15. The molecule has 0 bridgehead atoms. The van der Waals surface area contributed by atoms with Crippen LogP contribution in [-0.4, -0.2) is 11.9 Å². The van der Waals surface area contributed by atoms with E-state index in [1.165, 1.54) is 64.2 Å². The fourth-order valence-electron chi connectivity index (χ4n) is 6.51. The Morgan fingerprint density at radius 1 is 0.658 bits per heavy atom.